The van der Waals surface area contributed by atoms with Crippen LogP contribution in [0.4, 0.5) is 5.69 Å². The van der Waals surface area contributed by atoms with Crippen LogP contribution in [0.25, 0.3) is 4.85 Å². The lowest BCUT2D eigenvalue weighted by Gasteiger charge is -2.09. The molecule has 0 aliphatic rings. The molecule has 0 saturated heterocycles. The number of nitrogens with zero attached hydrogens (tertiary/aromatic N) is 1. The van der Waals surface area contributed by atoms with Crippen molar-refractivity contribution in [3.8, 4) is 0 Å². The Morgan fingerprint density at radius 2 is 2.00 bits per heavy atom. The molecular formula is C11H13N. The lowest BCUT2D eigenvalue weighted by atomic mass is 9.97. The van der Waals surface area contributed by atoms with Crippen LogP contribution in [0.2, 0.25) is 0 Å². The molecule has 0 fully saturated rings. The second-order valence-electron chi connectivity index (χ2n) is 3.26. The summed E-state index contributed by atoms with van der Waals surface area (Å²) >= 11 is 0. The molecule has 0 radical (unpaired) electrons. The summed E-state index contributed by atoms with van der Waals surface area (Å²) in [4.78, 5) is 3.46. The van der Waals surface area contributed by atoms with Gasteiger partial charge in [-0.25, -0.2) is 4.85 Å². The quantitative estimate of drug-likeness (QED) is 0.551. The average Bonchev–Trinajstić information content (AvgIpc) is 2.04. The monoisotopic (exact) mass is 159 g/mol. The van der Waals surface area contributed by atoms with E-state index in [1.165, 1.54) is 5.56 Å². The zero-order valence-electron chi connectivity index (χ0n) is 7.76. The van der Waals surface area contributed by atoms with Crippen molar-refractivity contribution in [1.29, 1.82) is 0 Å². The Kier molecular flexibility index (Phi) is 2.50. The van der Waals surface area contributed by atoms with E-state index in [0.29, 0.717) is 5.92 Å². The van der Waals surface area contributed by atoms with Gasteiger partial charge in [-0.1, -0.05) is 37.6 Å². The van der Waals surface area contributed by atoms with Crippen molar-refractivity contribution >= 4 is 5.69 Å². The molecule has 1 rings (SSSR count). The zero-order valence-corrected chi connectivity index (χ0v) is 7.76. The molecule has 1 aromatic rings. The van der Waals surface area contributed by atoms with E-state index >= 15 is 0 Å². The molecule has 0 unspecified atom stereocenters. The summed E-state index contributed by atoms with van der Waals surface area (Å²) in [6.45, 7) is 13.3. The van der Waals surface area contributed by atoms with E-state index in [2.05, 4.69) is 24.8 Å². The van der Waals surface area contributed by atoms with E-state index in [0.717, 1.165) is 11.3 Å². The van der Waals surface area contributed by atoms with Gasteiger partial charge in [0.15, 0.2) is 5.69 Å². The van der Waals surface area contributed by atoms with Crippen molar-refractivity contribution in [2.45, 2.75) is 26.7 Å². The van der Waals surface area contributed by atoms with Gasteiger partial charge in [-0.15, -0.1) is 0 Å². The summed E-state index contributed by atoms with van der Waals surface area (Å²) in [5, 5.41) is 0. The van der Waals surface area contributed by atoms with E-state index in [9.17, 15) is 0 Å². The van der Waals surface area contributed by atoms with E-state index < -0.39 is 0 Å². The molecular weight excluding hydrogens is 146 g/mol. The number of hydrogen-bond donors (Lipinski definition) is 0. The van der Waals surface area contributed by atoms with Crippen molar-refractivity contribution < 1.29 is 0 Å². The summed E-state index contributed by atoms with van der Waals surface area (Å²) in [5.41, 5.74) is 3.19. The molecule has 12 heavy (non-hydrogen) atoms. The van der Waals surface area contributed by atoms with E-state index in [1.807, 2.05) is 19.1 Å². The van der Waals surface area contributed by atoms with Crippen molar-refractivity contribution in [3.05, 3.63) is 40.7 Å². The Morgan fingerprint density at radius 1 is 1.33 bits per heavy atom. The van der Waals surface area contributed by atoms with E-state index in [4.69, 9.17) is 6.57 Å². The summed E-state index contributed by atoms with van der Waals surface area (Å²) in [6, 6.07) is 5.92. The van der Waals surface area contributed by atoms with Crippen LogP contribution in [0.15, 0.2) is 18.2 Å². The maximum absolute atomic E-state index is 6.95. The Bertz CT molecular complexity index is 318. The molecule has 0 N–H and O–H groups in total. The van der Waals surface area contributed by atoms with Crippen molar-refractivity contribution in [3.63, 3.8) is 0 Å². The summed E-state index contributed by atoms with van der Waals surface area (Å²) in [5.74, 6) is 0.506. The third kappa shape index (κ3) is 1.48. The van der Waals surface area contributed by atoms with Crippen LogP contribution in [-0.4, -0.2) is 0 Å². The van der Waals surface area contributed by atoms with Gasteiger partial charge in [-0.05, 0) is 18.4 Å². The van der Waals surface area contributed by atoms with Crippen LogP contribution < -0.4 is 0 Å². The minimum absolute atomic E-state index is 0.506. The van der Waals surface area contributed by atoms with Gasteiger partial charge < -0.3 is 0 Å². The van der Waals surface area contributed by atoms with Gasteiger partial charge in [-0.3, -0.25) is 0 Å². The Hall–Kier alpha value is -1.29. The molecule has 0 bridgehead atoms. The highest BCUT2D eigenvalue weighted by atomic mass is 14.6. The number of rotatable bonds is 1. The molecule has 0 aliphatic carbocycles. The maximum Gasteiger partial charge on any atom is 0.190 e. The van der Waals surface area contributed by atoms with Gasteiger partial charge in [0.2, 0.25) is 0 Å². The second-order valence-corrected chi connectivity index (χ2v) is 3.26. The first-order valence-corrected chi connectivity index (χ1v) is 4.13. The van der Waals surface area contributed by atoms with Crippen LogP contribution in [0.1, 0.15) is 30.9 Å². The van der Waals surface area contributed by atoms with E-state index in [1.54, 1.807) is 0 Å². The smallest absolute Gasteiger partial charge is 0.190 e. The van der Waals surface area contributed by atoms with Crippen molar-refractivity contribution in [2.75, 3.05) is 0 Å². The fourth-order valence-electron chi connectivity index (χ4n) is 1.39. The topological polar surface area (TPSA) is 4.36 Å². The van der Waals surface area contributed by atoms with Crippen molar-refractivity contribution in [2.24, 2.45) is 0 Å². The Morgan fingerprint density at radius 3 is 2.50 bits per heavy atom. The third-order valence-electron chi connectivity index (χ3n) is 2.09. The first-order valence-electron chi connectivity index (χ1n) is 4.13. The Labute approximate surface area is 73.9 Å². The first-order chi connectivity index (χ1) is 5.66. The highest BCUT2D eigenvalue weighted by molar-refractivity contribution is 5.55. The minimum atomic E-state index is 0.506. The summed E-state index contributed by atoms with van der Waals surface area (Å²) < 4.78 is 0. The molecule has 1 aromatic carbocycles. The van der Waals surface area contributed by atoms with Gasteiger partial charge in [0.25, 0.3) is 0 Å². The SMILES string of the molecule is [C-]#[N+]c1cccc(C(C)C)c1C. The van der Waals surface area contributed by atoms with Gasteiger partial charge in [-0.2, -0.15) is 0 Å². The van der Waals surface area contributed by atoms with Crippen molar-refractivity contribution in [1.82, 2.24) is 0 Å². The number of hydrogen-bond acceptors (Lipinski definition) is 0. The summed E-state index contributed by atoms with van der Waals surface area (Å²) in [6.07, 6.45) is 0. The van der Waals surface area contributed by atoms with Gasteiger partial charge in [0.1, 0.15) is 0 Å². The summed E-state index contributed by atoms with van der Waals surface area (Å²) in [7, 11) is 0. The predicted molar refractivity (Wildman–Crippen MR) is 51.5 cm³/mol. The normalized spacial score (nSPS) is 9.92. The highest BCUT2D eigenvalue weighted by Crippen LogP contribution is 2.26. The first kappa shape index (κ1) is 8.80. The van der Waals surface area contributed by atoms with Gasteiger partial charge in [0, 0.05) is 0 Å². The molecule has 0 heterocycles. The fraction of sp³-hybridized carbons (Fsp3) is 0.364. The second kappa shape index (κ2) is 3.40. The molecule has 0 aromatic heterocycles. The molecule has 1 heteroatoms. The molecule has 0 atom stereocenters. The number of benzene rings is 1. The standard InChI is InChI=1S/C11H13N/c1-8(2)10-6-5-7-11(12-4)9(10)3/h5-8H,1-3H3. The predicted octanol–water partition coefficient (Wildman–Crippen LogP) is 3.67. The van der Waals surface area contributed by atoms with Crippen LogP contribution in [-0.2, 0) is 0 Å². The van der Waals surface area contributed by atoms with Crippen LogP contribution in [0.3, 0.4) is 0 Å². The van der Waals surface area contributed by atoms with Gasteiger partial charge in [0.05, 0.1) is 6.57 Å². The lowest BCUT2D eigenvalue weighted by Crippen LogP contribution is -1.90. The largest absolute Gasteiger partial charge is 0.238 e. The molecule has 62 valence electrons. The molecule has 0 spiro atoms. The van der Waals surface area contributed by atoms with Gasteiger partial charge >= 0.3 is 0 Å². The zero-order chi connectivity index (χ0) is 9.14. The molecule has 0 amide bonds. The van der Waals surface area contributed by atoms with Crippen LogP contribution in [0.5, 0.6) is 0 Å². The third-order valence-corrected chi connectivity index (χ3v) is 2.09. The highest BCUT2D eigenvalue weighted by Gasteiger charge is 2.05. The molecule has 1 nitrogen and oxygen atoms in total. The lowest BCUT2D eigenvalue weighted by molar-refractivity contribution is 0.858. The minimum Gasteiger partial charge on any atom is -0.238 e. The van der Waals surface area contributed by atoms with E-state index in [-0.39, 0.29) is 0 Å². The van der Waals surface area contributed by atoms with Crippen LogP contribution >= 0.6 is 0 Å². The maximum atomic E-state index is 6.95. The fourth-order valence-corrected chi connectivity index (χ4v) is 1.39. The molecule has 0 saturated carbocycles. The molecule has 0 aliphatic heterocycles. The Balaban J connectivity index is 3.25. The average molecular weight is 159 g/mol. The van der Waals surface area contributed by atoms with Crippen LogP contribution in [0, 0.1) is 13.5 Å².